The van der Waals surface area contributed by atoms with Crippen molar-refractivity contribution in [2.45, 2.75) is 19.8 Å². The molecule has 0 aliphatic carbocycles. The van der Waals surface area contributed by atoms with Gasteiger partial charge in [-0.2, -0.15) is 0 Å². The topological polar surface area (TPSA) is 72.5 Å². The van der Waals surface area contributed by atoms with Gasteiger partial charge in [-0.05, 0) is 47.9 Å². The van der Waals surface area contributed by atoms with E-state index in [1.165, 1.54) is 12.7 Å². The maximum absolute atomic E-state index is 12.7. The van der Waals surface area contributed by atoms with Gasteiger partial charge in [0.25, 0.3) is 5.91 Å². The summed E-state index contributed by atoms with van der Waals surface area (Å²) < 4.78 is 10.5. The molecule has 0 radical (unpaired) electrons. The molecule has 3 aromatic rings. The molecule has 0 atom stereocenters. The Hall–Kier alpha value is -3.54. The van der Waals surface area contributed by atoms with Gasteiger partial charge in [-0.1, -0.05) is 26.0 Å². The number of aromatic nitrogens is 1. The van der Waals surface area contributed by atoms with Crippen LogP contribution in [0.1, 0.15) is 35.8 Å². The average molecular weight is 391 g/mol. The highest BCUT2D eigenvalue weighted by Gasteiger charge is 2.12. The SMILES string of the molecule is COc1ccc(NC(=O)c2cc(Nc3ccc(C(C)C)cc3)ccn2)c(OC)c1. The fraction of sp³-hybridized carbons (Fsp3) is 0.217. The molecule has 0 unspecified atom stereocenters. The third kappa shape index (κ3) is 5.04. The van der Waals surface area contributed by atoms with Crippen LogP contribution >= 0.6 is 0 Å². The lowest BCUT2D eigenvalue weighted by atomic mass is 10.0. The zero-order chi connectivity index (χ0) is 20.8. The van der Waals surface area contributed by atoms with Crippen molar-refractivity contribution in [3.8, 4) is 11.5 Å². The van der Waals surface area contributed by atoms with E-state index in [-0.39, 0.29) is 5.91 Å². The molecule has 0 aliphatic rings. The number of anilines is 3. The number of hydrogen-bond donors (Lipinski definition) is 2. The number of ether oxygens (including phenoxy) is 2. The van der Waals surface area contributed by atoms with Crippen LogP contribution in [0.25, 0.3) is 0 Å². The predicted molar refractivity (Wildman–Crippen MR) is 116 cm³/mol. The van der Waals surface area contributed by atoms with Crippen molar-refractivity contribution in [1.29, 1.82) is 0 Å². The van der Waals surface area contributed by atoms with Crippen LogP contribution in [0.3, 0.4) is 0 Å². The number of carbonyl (C=O) groups excluding carboxylic acids is 1. The summed E-state index contributed by atoms with van der Waals surface area (Å²) in [6.07, 6.45) is 1.60. The molecule has 0 saturated heterocycles. The van der Waals surface area contributed by atoms with Gasteiger partial charge in [0.15, 0.2) is 0 Å². The van der Waals surface area contributed by atoms with Crippen molar-refractivity contribution in [3.63, 3.8) is 0 Å². The number of benzene rings is 2. The smallest absolute Gasteiger partial charge is 0.274 e. The number of carbonyl (C=O) groups is 1. The number of nitrogens with one attached hydrogen (secondary N) is 2. The molecule has 1 heterocycles. The molecule has 29 heavy (non-hydrogen) atoms. The molecule has 150 valence electrons. The maximum atomic E-state index is 12.7. The van der Waals surface area contributed by atoms with Gasteiger partial charge in [0.05, 0.1) is 19.9 Å². The second kappa shape index (κ2) is 9.10. The van der Waals surface area contributed by atoms with E-state index in [1.54, 1.807) is 37.6 Å². The number of nitrogens with zero attached hydrogens (tertiary/aromatic N) is 1. The first kappa shape index (κ1) is 20.2. The molecule has 0 saturated carbocycles. The van der Waals surface area contributed by atoms with E-state index < -0.39 is 0 Å². The Kier molecular flexibility index (Phi) is 6.34. The van der Waals surface area contributed by atoms with Gasteiger partial charge in [0.2, 0.25) is 0 Å². The van der Waals surface area contributed by atoms with Crippen molar-refractivity contribution < 1.29 is 14.3 Å². The molecule has 3 rings (SSSR count). The third-order valence-corrected chi connectivity index (χ3v) is 4.52. The molecule has 1 amide bonds. The van der Waals surface area contributed by atoms with E-state index in [0.29, 0.717) is 28.8 Å². The van der Waals surface area contributed by atoms with Gasteiger partial charge in [-0.15, -0.1) is 0 Å². The molecular formula is C23H25N3O3. The number of hydrogen-bond acceptors (Lipinski definition) is 5. The van der Waals surface area contributed by atoms with E-state index in [9.17, 15) is 4.79 Å². The molecule has 6 heteroatoms. The van der Waals surface area contributed by atoms with Gasteiger partial charge in [-0.25, -0.2) is 0 Å². The summed E-state index contributed by atoms with van der Waals surface area (Å²) in [7, 11) is 3.11. The van der Waals surface area contributed by atoms with Crippen LogP contribution in [0.5, 0.6) is 11.5 Å². The Morgan fingerprint density at radius 2 is 1.69 bits per heavy atom. The Bertz CT molecular complexity index is 985. The molecule has 2 aromatic carbocycles. The van der Waals surface area contributed by atoms with E-state index >= 15 is 0 Å². The van der Waals surface area contributed by atoms with Gasteiger partial charge in [0.1, 0.15) is 17.2 Å². The lowest BCUT2D eigenvalue weighted by Gasteiger charge is -2.12. The van der Waals surface area contributed by atoms with Crippen LogP contribution < -0.4 is 20.1 Å². The summed E-state index contributed by atoms with van der Waals surface area (Å²) in [5.74, 6) is 1.31. The van der Waals surface area contributed by atoms with Crippen LogP contribution in [0.4, 0.5) is 17.1 Å². The minimum atomic E-state index is -0.327. The summed E-state index contributed by atoms with van der Waals surface area (Å²) in [4.78, 5) is 16.9. The summed E-state index contributed by atoms with van der Waals surface area (Å²) in [5, 5.41) is 6.14. The average Bonchev–Trinajstić information content (AvgIpc) is 2.74. The first-order chi connectivity index (χ1) is 14.0. The van der Waals surface area contributed by atoms with Crippen molar-refractivity contribution in [3.05, 3.63) is 72.1 Å². The zero-order valence-electron chi connectivity index (χ0n) is 17.0. The number of amides is 1. The van der Waals surface area contributed by atoms with Crippen LogP contribution in [0.15, 0.2) is 60.8 Å². The van der Waals surface area contributed by atoms with Crippen LogP contribution in [0, 0.1) is 0 Å². The summed E-state index contributed by atoms with van der Waals surface area (Å²) in [5.41, 5.74) is 3.85. The van der Waals surface area contributed by atoms with E-state index in [1.807, 2.05) is 18.2 Å². The van der Waals surface area contributed by atoms with Crippen molar-refractivity contribution >= 4 is 23.0 Å². The van der Waals surface area contributed by atoms with Crippen LogP contribution in [-0.2, 0) is 0 Å². The minimum Gasteiger partial charge on any atom is -0.497 e. The quantitative estimate of drug-likeness (QED) is 0.578. The maximum Gasteiger partial charge on any atom is 0.274 e. The molecule has 1 aromatic heterocycles. The summed E-state index contributed by atoms with van der Waals surface area (Å²) in [6, 6.07) is 17.0. The fourth-order valence-corrected chi connectivity index (χ4v) is 2.84. The fourth-order valence-electron chi connectivity index (χ4n) is 2.84. The third-order valence-electron chi connectivity index (χ3n) is 4.52. The molecular weight excluding hydrogens is 366 g/mol. The van der Waals surface area contributed by atoms with Gasteiger partial charge in [-0.3, -0.25) is 9.78 Å². The molecule has 0 bridgehead atoms. The summed E-state index contributed by atoms with van der Waals surface area (Å²) >= 11 is 0. The van der Waals surface area contributed by atoms with Crippen LogP contribution in [0.2, 0.25) is 0 Å². The molecule has 0 spiro atoms. The van der Waals surface area contributed by atoms with E-state index in [4.69, 9.17) is 9.47 Å². The van der Waals surface area contributed by atoms with Crippen molar-refractivity contribution in [2.24, 2.45) is 0 Å². The highest BCUT2D eigenvalue weighted by atomic mass is 16.5. The standard InChI is InChI=1S/C23H25N3O3/c1-15(2)16-5-7-17(8-6-16)25-18-11-12-24-21(13-18)23(27)26-20-10-9-19(28-3)14-22(20)29-4/h5-15H,1-4H3,(H,24,25)(H,26,27). The monoisotopic (exact) mass is 391 g/mol. The molecule has 6 nitrogen and oxygen atoms in total. The Labute approximate surface area is 170 Å². The van der Waals surface area contributed by atoms with Gasteiger partial charge in [0, 0.05) is 23.6 Å². The largest absolute Gasteiger partial charge is 0.497 e. The van der Waals surface area contributed by atoms with Gasteiger partial charge < -0.3 is 20.1 Å². The highest BCUT2D eigenvalue weighted by molar-refractivity contribution is 6.04. The number of rotatable bonds is 7. The molecule has 0 fully saturated rings. The highest BCUT2D eigenvalue weighted by Crippen LogP contribution is 2.29. The lowest BCUT2D eigenvalue weighted by Crippen LogP contribution is -2.14. The Morgan fingerprint density at radius 1 is 0.931 bits per heavy atom. The first-order valence-electron chi connectivity index (χ1n) is 9.36. The Morgan fingerprint density at radius 3 is 2.34 bits per heavy atom. The van der Waals surface area contributed by atoms with E-state index in [0.717, 1.165) is 11.4 Å². The first-order valence-corrected chi connectivity index (χ1v) is 9.36. The van der Waals surface area contributed by atoms with Gasteiger partial charge >= 0.3 is 0 Å². The van der Waals surface area contributed by atoms with E-state index in [2.05, 4.69) is 41.6 Å². The Balaban J connectivity index is 1.74. The predicted octanol–water partition coefficient (Wildman–Crippen LogP) is 5.22. The zero-order valence-corrected chi connectivity index (χ0v) is 17.0. The normalized spacial score (nSPS) is 10.5. The molecule has 2 N–H and O–H groups in total. The lowest BCUT2D eigenvalue weighted by molar-refractivity contribution is 0.102. The number of methoxy groups -OCH3 is 2. The van der Waals surface area contributed by atoms with Crippen LogP contribution in [-0.4, -0.2) is 25.1 Å². The number of pyridine rings is 1. The second-order valence-corrected chi connectivity index (χ2v) is 6.85. The summed E-state index contributed by atoms with van der Waals surface area (Å²) in [6.45, 7) is 4.32. The van der Waals surface area contributed by atoms with Crippen molar-refractivity contribution in [2.75, 3.05) is 24.9 Å². The molecule has 0 aliphatic heterocycles. The van der Waals surface area contributed by atoms with Crippen molar-refractivity contribution in [1.82, 2.24) is 4.98 Å². The second-order valence-electron chi connectivity index (χ2n) is 6.85. The minimum absolute atomic E-state index is 0.298.